The lowest BCUT2D eigenvalue weighted by Gasteiger charge is -2.35. The molecule has 1 atom stereocenters. The molecule has 1 saturated carbocycles. The number of hydrogen-bond acceptors (Lipinski definition) is 3. The minimum absolute atomic E-state index is 0.0707. The van der Waals surface area contributed by atoms with Gasteiger partial charge in [-0.15, -0.1) is 0 Å². The first-order chi connectivity index (χ1) is 10.2. The summed E-state index contributed by atoms with van der Waals surface area (Å²) in [4.78, 5) is 14.2. The third kappa shape index (κ3) is 4.57. The third-order valence-electron chi connectivity index (χ3n) is 4.26. The Hall–Kier alpha value is -1.86. The topological polar surface area (TPSA) is 56.1 Å². The molecule has 4 heteroatoms. The summed E-state index contributed by atoms with van der Waals surface area (Å²) in [6.45, 7) is 3.53. The van der Waals surface area contributed by atoms with Gasteiger partial charge in [-0.25, -0.2) is 0 Å². The first-order valence-corrected chi connectivity index (χ1v) is 7.63. The molecule has 0 aliphatic heterocycles. The second-order valence-electron chi connectivity index (χ2n) is 5.75. The highest BCUT2D eigenvalue weighted by Crippen LogP contribution is 2.30. The Balaban J connectivity index is 2.00. The van der Waals surface area contributed by atoms with Gasteiger partial charge in [0.15, 0.2) is 0 Å². The molecule has 1 amide bonds. The molecule has 1 aliphatic carbocycles. The van der Waals surface area contributed by atoms with E-state index in [1.807, 2.05) is 24.3 Å². The molecule has 1 aliphatic rings. The Bertz CT molecular complexity index is 491. The van der Waals surface area contributed by atoms with Gasteiger partial charge in [0, 0.05) is 12.6 Å². The number of nitrogens with one attached hydrogen (secondary N) is 1. The van der Waals surface area contributed by atoms with Crippen LogP contribution in [0.1, 0.15) is 37.8 Å². The number of carbonyl (C=O) groups is 1. The van der Waals surface area contributed by atoms with E-state index in [1.165, 1.54) is 24.8 Å². The molecule has 4 nitrogen and oxygen atoms in total. The van der Waals surface area contributed by atoms with E-state index in [-0.39, 0.29) is 18.5 Å². The van der Waals surface area contributed by atoms with Crippen LogP contribution in [0.4, 0.5) is 0 Å². The molecule has 1 fully saturated rings. The van der Waals surface area contributed by atoms with Gasteiger partial charge in [0.1, 0.15) is 6.54 Å². The highest BCUT2D eigenvalue weighted by molar-refractivity contribution is 5.78. The zero-order chi connectivity index (χ0) is 15.1. The van der Waals surface area contributed by atoms with Crippen molar-refractivity contribution in [1.29, 1.82) is 5.26 Å². The zero-order valence-corrected chi connectivity index (χ0v) is 12.6. The highest BCUT2D eigenvalue weighted by atomic mass is 16.2. The van der Waals surface area contributed by atoms with Crippen molar-refractivity contribution in [2.75, 3.05) is 19.6 Å². The number of amides is 1. The average molecular weight is 285 g/mol. The number of nitriles is 1. The van der Waals surface area contributed by atoms with E-state index in [2.05, 4.69) is 29.3 Å². The van der Waals surface area contributed by atoms with Gasteiger partial charge in [0.25, 0.3) is 0 Å². The van der Waals surface area contributed by atoms with Crippen LogP contribution in [0.25, 0.3) is 0 Å². The second-order valence-corrected chi connectivity index (χ2v) is 5.75. The minimum Gasteiger partial charge on any atom is -0.342 e. The maximum absolute atomic E-state index is 11.9. The lowest BCUT2D eigenvalue weighted by molar-refractivity contribution is -0.122. The van der Waals surface area contributed by atoms with Gasteiger partial charge in [0.2, 0.25) is 5.91 Å². The fourth-order valence-corrected chi connectivity index (χ4v) is 2.69. The Morgan fingerprint density at radius 1 is 1.43 bits per heavy atom. The van der Waals surface area contributed by atoms with Crippen LogP contribution >= 0.6 is 0 Å². The maximum Gasteiger partial charge on any atom is 0.235 e. The van der Waals surface area contributed by atoms with Crippen molar-refractivity contribution in [2.24, 2.45) is 5.92 Å². The van der Waals surface area contributed by atoms with Crippen molar-refractivity contribution >= 4 is 5.91 Å². The summed E-state index contributed by atoms with van der Waals surface area (Å²) >= 11 is 0. The van der Waals surface area contributed by atoms with E-state index in [0.717, 1.165) is 6.54 Å². The lowest BCUT2D eigenvalue weighted by Crippen LogP contribution is -2.42. The molecular formula is C17H23N3O. The number of nitrogens with zero attached hydrogens (tertiary/aromatic N) is 2. The van der Waals surface area contributed by atoms with Crippen LogP contribution in [0.15, 0.2) is 30.3 Å². The fraction of sp³-hybridized carbons (Fsp3) is 0.529. The summed E-state index contributed by atoms with van der Waals surface area (Å²) in [5.74, 6) is 0.638. The third-order valence-corrected chi connectivity index (χ3v) is 4.26. The van der Waals surface area contributed by atoms with Gasteiger partial charge < -0.3 is 5.32 Å². The molecule has 1 N–H and O–H groups in total. The Kier molecular flexibility index (Phi) is 5.77. The van der Waals surface area contributed by atoms with E-state index in [0.29, 0.717) is 12.5 Å². The molecular weight excluding hydrogens is 262 g/mol. The number of rotatable bonds is 7. The van der Waals surface area contributed by atoms with E-state index in [9.17, 15) is 4.79 Å². The predicted octanol–water partition coefficient (Wildman–Crippen LogP) is 2.49. The summed E-state index contributed by atoms with van der Waals surface area (Å²) in [7, 11) is 0. The van der Waals surface area contributed by atoms with Gasteiger partial charge in [-0.05, 0) is 31.2 Å². The van der Waals surface area contributed by atoms with Crippen molar-refractivity contribution in [1.82, 2.24) is 10.2 Å². The van der Waals surface area contributed by atoms with Gasteiger partial charge in [-0.3, -0.25) is 9.69 Å². The van der Waals surface area contributed by atoms with E-state index < -0.39 is 0 Å². The summed E-state index contributed by atoms with van der Waals surface area (Å²) in [5.41, 5.74) is 1.23. The largest absolute Gasteiger partial charge is 0.342 e. The Morgan fingerprint density at radius 3 is 2.71 bits per heavy atom. The molecule has 0 bridgehead atoms. The zero-order valence-electron chi connectivity index (χ0n) is 12.6. The van der Waals surface area contributed by atoms with Crippen molar-refractivity contribution in [3.8, 4) is 6.07 Å². The molecule has 2 rings (SSSR count). The summed E-state index contributed by atoms with van der Waals surface area (Å²) in [6.07, 6.45) is 3.83. The van der Waals surface area contributed by atoms with E-state index in [1.54, 1.807) is 0 Å². The minimum atomic E-state index is -0.0707. The van der Waals surface area contributed by atoms with Crippen LogP contribution in [0.3, 0.4) is 0 Å². The highest BCUT2D eigenvalue weighted by Gasteiger charge is 2.25. The fourth-order valence-electron chi connectivity index (χ4n) is 2.69. The molecule has 0 spiro atoms. The number of hydrogen-bond donors (Lipinski definition) is 1. The molecule has 112 valence electrons. The SMILES string of the molecule is CC(c1ccccc1)N(CC(=O)NCC#N)CC1CCC1. The van der Waals surface area contributed by atoms with Crippen LogP contribution in [0.5, 0.6) is 0 Å². The number of benzene rings is 1. The van der Waals surface area contributed by atoms with Crippen LogP contribution in [-0.2, 0) is 4.79 Å². The normalized spacial score (nSPS) is 16.0. The quantitative estimate of drug-likeness (QED) is 0.783. The predicted molar refractivity (Wildman–Crippen MR) is 82.4 cm³/mol. The second kappa shape index (κ2) is 7.80. The molecule has 0 saturated heterocycles. The molecule has 0 radical (unpaired) electrons. The maximum atomic E-state index is 11.9. The van der Waals surface area contributed by atoms with E-state index in [4.69, 9.17) is 5.26 Å². The van der Waals surface area contributed by atoms with E-state index >= 15 is 0 Å². The Labute approximate surface area is 126 Å². The first-order valence-electron chi connectivity index (χ1n) is 7.63. The summed E-state index contributed by atoms with van der Waals surface area (Å²) < 4.78 is 0. The average Bonchev–Trinajstić information content (AvgIpc) is 2.47. The lowest BCUT2D eigenvalue weighted by atomic mass is 9.84. The van der Waals surface area contributed by atoms with Crippen LogP contribution in [0.2, 0.25) is 0 Å². The van der Waals surface area contributed by atoms with Crippen molar-refractivity contribution in [3.63, 3.8) is 0 Å². The first kappa shape index (κ1) is 15.5. The van der Waals surface area contributed by atoms with Crippen molar-refractivity contribution < 1.29 is 4.79 Å². The van der Waals surface area contributed by atoms with Gasteiger partial charge in [-0.2, -0.15) is 5.26 Å². The van der Waals surface area contributed by atoms with Crippen LogP contribution in [0, 0.1) is 17.2 Å². The Morgan fingerprint density at radius 2 is 2.14 bits per heavy atom. The van der Waals surface area contributed by atoms with Gasteiger partial charge in [-0.1, -0.05) is 36.8 Å². The smallest absolute Gasteiger partial charge is 0.235 e. The van der Waals surface area contributed by atoms with Crippen molar-refractivity contribution in [2.45, 2.75) is 32.2 Å². The monoisotopic (exact) mass is 285 g/mol. The summed E-state index contributed by atoms with van der Waals surface area (Å²) in [6, 6.07) is 12.4. The number of carbonyl (C=O) groups excluding carboxylic acids is 1. The molecule has 0 aromatic heterocycles. The standard InChI is InChI=1S/C17H23N3O/c1-14(16-8-3-2-4-9-16)20(12-15-6-5-7-15)13-17(21)19-11-10-18/h2-4,8-9,14-15H,5-7,11-13H2,1H3,(H,19,21). The molecule has 21 heavy (non-hydrogen) atoms. The van der Waals surface area contributed by atoms with Gasteiger partial charge >= 0.3 is 0 Å². The van der Waals surface area contributed by atoms with Crippen LogP contribution in [-0.4, -0.2) is 30.4 Å². The van der Waals surface area contributed by atoms with Crippen LogP contribution < -0.4 is 5.32 Å². The molecule has 1 aromatic carbocycles. The molecule has 0 heterocycles. The van der Waals surface area contributed by atoms with Crippen molar-refractivity contribution in [3.05, 3.63) is 35.9 Å². The van der Waals surface area contributed by atoms with Gasteiger partial charge in [0.05, 0.1) is 12.6 Å². The molecule has 1 unspecified atom stereocenters. The summed E-state index contributed by atoms with van der Waals surface area (Å²) in [5, 5.41) is 11.2. The molecule has 1 aromatic rings.